The Morgan fingerprint density at radius 2 is 1.71 bits per heavy atom. The molecule has 2 heteroatoms. The topological polar surface area (TPSA) is 21.8 Å². The zero-order chi connectivity index (χ0) is 9.38. The lowest BCUT2D eigenvalue weighted by molar-refractivity contribution is 0.0435. The van der Waals surface area contributed by atoms with E-state index in [0.29, 0.717) is 12.2 Å². The van der Waals surface area contributed by atoms with Crippen LogP contribution in [-0.2, 0) is 9.47 Å². The first-order chi connectivity index (χ1) is 6.92. The molecule has 0 aromatic rings. The minimum atomic E-state index is 0.442. The van der Waals surface area contributed by atoms with Crippen molar-refractivity contribution in [1.82, 2.24) is 0 Å². The van der Waals surface area contributed by atoms with Crippen molar-refractivity contribution in [2.24, 2.45) is 11.8 Å². The summed E-state index contributed by atoms with van der Waals surface area (Å²) in [6, 6.07) is 0. The van der Waals surface area contributed by atoms with E-state index in [1.54, 1.807) is 0 Å². The molecule has 0 N–H and O–H groups in total. The first kappa shape index (κ1) is 9.17. The molecule has 2 nitrogen and oxygen atoms in total. The van der Waals surface area contributed by atoms with Crippen LogP contribution in [0.15, 0.2) is 0 Å². The fourth-order valence-electron chi connectivity index (χ4n) is 3.22. The Labute approximate surface area is 86.0 Å². The standard InChI is InChI=1S/C12H20O2/c1-2-4-10-6-11(5-9(10)3-1)13-7-12-8-14-12/h9-12H,1-8H2. The molecule has 80 valence electrons. The third-order valence-corrected chi connectivity index (χ3v) is 4.12. The molecule has 0 amide bonds. The van der Waals surface area contributed by atoms with Crippen molar-refractivity contribution in [2.45, 2.75) is 50.7 Å². The van der Waals surface area contributed by atoms with E-state index in [2.05, 4.69) is 0 Å². The van der Waals surface area contributed by atoms with Gasteiger partial charge in [0.2, 0.25) is 0 Å². The summed E-state index contributed by atoms with van der Waals surface area (Å²) in [7, 11) is 0. The second kappa shape index (κ2) is 3.82. The van der Waals surface area contributed by atoms with Crippen LogP contribution in [0, 0.1) is 11.8 Å². The van der Waals surface area contributed by atoms with Gasteiger partial charge in [0.1, 0.15) is 6.10 Å². The normalized spacial score (nSPS) is 46.3. The maximum Gasteiger partial charge on any atom is 0.104 e. The Morgan fingerprint density at radius 1 is 1.07 bits per heavy atom. The van der Waals surface area contributed by atoms with Gasteiger partial charge in [0.05, 0.1) is 19.3 Å². The summed E-state index contributed by atoms with van der Waals surface area (Å²) in [6.45, 7) is 1.78. The van der Waals surface area contributed by atoms with Gasteiger partial charge < -0.3 is 9.47 Å². The predicted octanol–water partition coefficient (Wildman–Crippen LogP) is 2.37. The van der Waals surface area contributed by atoms with Gasteiger partial charge in [0.25, 0.3) is 0 Å². The second-order valence-electron chi connectivity index (χ2n) is 5.19. The van der Waals surface area contributed by atoms with Crippen LogP contribution in [0.25, 0.3) is 0 Å². The second-order valence-corrected chi connectivity index (χ2v) is 5.19. The highest BCUT2D eigenvalue weighted by molar-refractivity contribution is 4.87. The molecule has 3 rings (SSSR count). The van der Waals surface area contributed by atoms with E-state index in [-0.39, 0.29) is 0 Å². The molecule has 2 aliphatic carbocycles. The van der Waals surface area contributed by atoms with Crippen molar-refractivity contribution >= 4 is 0 Å². The van der Waals surface area contributed by atoms with Crippen molar-refractivity contribution in [1.29, 1.82) is 0 Å². The van der Waals surface area contributed by atoms with Crippen LogP contribution >= 0.6 is 0 Å². The molecule has 3 unspecified atom stereocenters. The van der Waals surface area contributed by atoms with Gasteiger partial charge in [-0.05, 0) is 24.7 Å². The van der Waals surface area contributed by atoms with Gasteiger partial charge in [0, 0.05) is 0 Å². The van der Waals surface area contributed by atoms with Crippen LogP contribution in [0.4, 0.5) is 0 Å². The first-order valence-corrected chi connectivity index (χ1v) is 6.15. The van der Waals surface area contributed by atoms with E-state index in [0.717, 1.165) is 25.0 Å². The van der Waals surface area contributed by atoms with Gasteiger partial charge in [-0.25, -0.2) is 0 Å². The van der Waals surface area contributed by atoms with E-state index >= 15 is 0 Å². The third kappa shape index (κ3) is 1.96. The molecule has 1 aliphatic heterocycles. The third-order valence-electron chi connectivity index (χ3n) is 4.12. The van der Waals surface area contributed by atoms with E-state index in [4.69, 9.17) is 9.47 Å². The molecule has 0 radical (unpaired) electrons. The Balaban J connectivity index is 1.47. The predicted molar refractivity (Wildman–Crippen MR) is 54.2 cm³/mol. The van der Waals surface area contributed by atoms with Gasteiger partial charge in [-0.3, -0.25) is 0 Å². The lowest BCUT2D eigenvalue weighted by Gasteiger charge is -2.23. The fourth-order valence-corrected chi connectivity index (χ4v) is 3.22. The molecule has 1 saturated heterocycles. The van der Waals surface area contributed by atoms with Crippen molar-refractivity contribution in [3.63, 3.8) is 0 Å². The van der Waals surface area contributed by atoms with Gasteiger partial charge in [-0.1, -0.05) is 25.7 Å². The van der Waals surface area contributed by atoms with E-state index < -0.39 is 0 Å². The Morgan fingerprint density at radius 3 is 2.29 bits per heavy atom. The fraction of sp³-hybridized carbons (Fsp3) is 1.00. The molecule has 0 bridgehead atoms. The van der Waals surface area contributed by atoms with Crippen molar-refractivity contribution < 1.29 is 9.47 Å². The Hall–Kier alpha value is -0.0800. The number of rotatable bonds is 3. The summed E-state index contributed by atoms with van der Waals surface area (Å²) >= 11 is 0. The zero-order valence-electron chi connectivity index (χ0n) is 8.78. The molecule has 1 heterocycles. The summed E-state index contributed by atoms with van der Waals surface area (Å²) in [5.74, 6) is 1.99. The van der Waals surface area contributed by atoms with Gasteiger partial charge >= 0.3 is 0 Å². The van der Waals surface area contributed by atoms with Crippen LogP contribution in [0.1, 0.15) is 38.5 Å². The molecule has 0 aromatic heterocycles. The Bertz CT molecular complexity index is 186. The summed E-state index contributed by atoms with van der Waals surface area (Å²) < 4.78 is 11.1. The smallest absolute Gasteiger partial charge is 0.104 e. The Kier molecular flexibility index (Phi) is 2.50. The highest BCUT2D eigenvalue weighted by Gasteiger charge is 2.36. The molecule has 14 heavy (non-hydrogen) atoms. The first-order valence-electron chi connectivity index (χ1n) is 6.15. The van der Waals surface area contributed by atoms with Crippen LogP contribution < -0.4 is 0 Å². The van der Waals surface area contributed by atoms with E-state index in [1.807, 2.05) is 0 Å². The summed E-state index contributed by atoms with van der Waals surface area (Å²) in [4.78, 5) is 0. The lowest BCUT2D eigenvalue weighted by Crippen LogP contribution is -2.12. The van der Waals surface area contributed by atoms with E-state index in [9.17, 15) is 0 Å². The van der Waals surface area contributed by atoms with Gasteiger partial charge in [-0.2, -0.15) is 0 Å². The van der Waals surface area contributed by atoms with Crippen LogP contribution in [0.3, 0.4) is 0 Å². The SMILES string of the molecule is C1CCC2CC(OCC3CO3)CC2C1. The van der Waals surface area contributed by atoms with E-state index in [1.165, 1.54) is 38.5 Å². The highest BCUT2D eigenvalue weighted by atomic mass is 16.6. The molecule has 0 spiro atoms. The van der Waals surface area contributed by atoms with Gasteiger partial charge in [0.15, 0.2) is 0 Å². The average Bonchev–Trinajstić information content (AvgIpc) is 2.94. The molecular formula is C12H20O2. The molecule has 3 fully saturated rings. The lowest BCUT2D eigenvalue weighted by atomic mass is 9.82. The highest BCUT2D eigenvalue weighted by Crippen LogP contribution is 2.43. The number of fused-ring (bicyclic) bond motifs is 1. The number of hydrogen-bond donors (Lipinski definition) is 0. The zero-order valence-corrected chi connectivity index (χ0v) is 8.78. The number of ether oxygens (including phenoxy) is 2. The average molecular weight is 196 g/mol. The molecule has 2 saturated carbocycles. The van der Waals surface area contributed by atoms with Crippen LogP contribution in [0.2, 0.25) is 0 Å². The van der Waals surface area contributed by atoms with Gasteiger partial charge in [-0.15, -0.1) is 0 Å². The minimum Gasteiger partial charge on any atom is -0.375 e. The van der Waals surface area contributed by atoms with Crippen molar-refractivity contribution in [2.75, 3.05) is 13.2 Å². The summed E-state index contributed by atoms with van der Waals surface area (Å²) in [6.07, 6.45) is 9.51. The number of epoxide rings is 1. The van der Waals surface area contributed by atoms with Crippen molar-refractivity contribution in [3.8, 4) is 0 Å². The van der Waals surface area contributed by atoms with Crippen LogP contribution in [0.5, 0.6) is 0 Å². The maximum atomic E-state index is 5.89. The summed E-state index contributed by atoms with van der Waals surface area (Å²) in [5.41, 5.74) is 0. The molecular weight excluding hydrogens is 176 g/mol. The molecule has 3 aliphatic rings. The summed E-state index contributed by atoms with van der Waals surface area (Å²) in [5, 5.41) is 0. The maximum absolute atomic E-state index is 5.89. The minimum absolute atomic E-state index is 0.442. The molecule has 3 atom stereocenters. The largest absolute Gasteiger partial charge is 0.375 e. The monoisotopic (exact) mass is 196 g/mol. The van der Waals surface area contributed by atoms with Crippen molar-refractivity contribution in [3.05, 3.63) is 0 Å². The van der Waals surface area contributed by atoms with Crippen LogP contribution in [-0.4, -0.2) is 25.4 Å². The molecule has 0 aromatic carbocycles. The quantitative estimate of drug-likeness (QED) is 0.646. The number of hydrogen-bond acceptors (Lipinski definition) is 2.